The third-order valence-corrected chi connectivity index (χ3v) is 5.15. The second-order valence-electron chi connectivity index (χ2n) is 7.02. The lowest BCUT2D eigenvalue weighted by atomic mass is 10.1. The van der Waals surface area contributed by atoms with Crippen LogP contribution in [0, 0.1) is 5.82 Å². The molecule has 7 heteroatoms. The molecule has 3 aromatic rings. The minimum Gasteiger partial charge on any atom is -0.362 e. The third-order valence-electron chi connectivity index (χ3n) is 5.15. The van der Waals surface area contributed by atoms with Gasteiger partial charge in [0.1, 0.15) is 5.82 Å². The number of carbonyl (C=O) groups is 2. The summed E-state index contributed by atoms with van der Waals surface area (Å²) in [5.41, 5.74) is 3.25. The first-order valence-electron chi connectivity index (χ1n) is 9.71. The molecule has 1 aliphatic rings. The van der Waals surface area contributed by atoms with Gasteiger partial charge in [0.25, 0.3) is 0 Å². The maximum Gasteiger partial charge on any atom is 0.313 e. The van der Waals surface area contributed by atoms with Crippen LogP contribution in [-0.2, 0) is 16.0 Å². The molecule has 0 spiro atoms. The highest BCUT2D eigenvalue weighted by atomic mass is 19.1. The minimum atomic E-state index is -0.910. The van der Waals surface area contributed by atoms with Crippen molar-refractivity contribution in [2.75, 3.05) is 23.3 Å². The summed E-state index contributed by atoms with van der Waals surface area (Å²) in [6.07, 6.45) is 4.37. The van der Waals surface area contributed by atoms with Crippen LogP contribution in [0.4, 0.5) is 15.8 Å². The Morgan fingerprint density at radius 3 is 2.63 bits per heavy atom. The zero-order valence-electron chi connectivity index (χ0n) is 16.2. The lowest BCUT2D eigenvalue weighted by molar-refractivity contribution is -0.136. The molecule has 0 unspecified atom stereocenters. The van der Waals surface area contributed by atoms with Crippen LogP contribution in [0.3, 0.4) is 0 Å². The Morgan fingerprint density at radius 1 is 1.03 bits per heavy atom. The molecule has 30 heavy (non-hydrogen) atoms. The standard InChI is InChI=1S/C23H21FN4O2/c24-18-8-2-3-9-19(18)27-23(30)22(29)26-15-21(17-7-5-12-25-14-17)28-13-11-16-6-1-4-10-20(16)28/h1-10,12,14,21H,11,13,15H2,(H,26,29)(H,27,30)/t21-/m0/s1. The Hall–Kier alpha value is -3.74. The number of anilines is 2. The van der Waals surface area contributed by atoms with Gasteiger partial charge in [-0.2, -0.15) is 0 Å². The lowest BCUT2D eigenvalue weighted by Crippen LogP contribution is -2.42. The van der Waals surface area contributed by atoms with E-state index in [1.165, 1.54) is 23.8 Å². The van der Waals surface area contributed by atoms with Gasteiger partial charge in [-0.25, -0.2) is 4.39 Å². The van der Waals surface area contributed by atoms with Crippen molar-refractivity contribution in [3.8, 4) is 0 Å². The number of halogens is 1. The maximum absolute atomic E-state index is 13.7. The number of pyridine rings is 1. The number of amides is 2. The molecule has 0 fully saturated rings. The quantitative estimate of drug-likeness (QED) is 0.641. The summed E-state index contributed by atoms with van der Waals surface area (Å²) in [6, 6.07) is 17.5. The molecule has 2 N–H and O–H groups in total. The number of benzene rings is 2. The second kappa shape index (κ2) is 8.73. The lowest BCUT2D eigenvalue weighted by Gasteiger charge is -2.30. The number of hydrogen-bond donors (Lipinski definition) is 2. The van der Waals surface area contributed by atoms with Crippen molar-refractivity contribution in [1.29, 1.82) is 0 Å². The smallest absolute Gasteiger partial charge is 0.313 e. The average molecular weight is 404 g/mol. The van der Waals surface area contributed by atoms with Crippen molar-refractivity contribution in [2.24, 2.45) is 0 Å². The van der Waals surface area contributed by atoms with E-state index in [0.717, 1.165) is 24.2 Å². The number of aromatic nitrogens is 1. The number of rotatable bonds is 5. The summed E-state index contributed by atoms with van der Waals surface area (Å²) in [4.78, 5) is 31.0. The maximum atomic E-state index is 13.7. The molecule has 152 valence electrons. The Morgan fingerprint density at radius 2 is 1.83 bits per heavy atom. The van der Waals surface area contributed by atoms with Crippen molar-refractivity contribution < 1.29 is 14.0 Å². The molecule has 2 amide bonds. The molecule has 6 nitrogen and oxygen atoms in total. The number of carbonyl (C=O) groups excluding carboxylic acids is 2. The first-order chi connectivity index (χ1) is 14.6. The van der Waals surface area contributed by atoms with Gasteiger partial charge >= 0.3 is 11.8 Å². The van der Waals surface area contributed by atoms with Crippen LogP contribution in [0.15, 0.2) is 73.1 Å². The van der Waals surface area contributed by atoms with Crippen molar-refractivity contribution in [2.45, 2.75) is 12.5 Å². The molecule has 1 atom stereocenters. The first-order valence-corrected chi connectivity index (χ1v) is 9.71. The third kappa shape index (κ3) is 4.15. The van der Waals surface area contributed by atoms with Crippen molar-refractivity contribution >= 4 is 23.2 Å². The van der Waals surface area contributed by atoms with E-state index in [-0.39, 0.29) is 18.3 Å². The fourth-order valence-electron chi connectivity index (χ4n) is 3.68. The normalized spacial score (nSPS) is 13.4. The fraction of sp³-hybridized carbons (Fsp3) is 0.174. The molecule has 4 rings (SSSR count). The van der Waals surface area contributed by atoms with Crippen LogP contribution < -0.4 is 15.5 Å². The van der Waals surface area contributed by atoms with Gasteiger partial charge in [-0.05, 0) is 41.8 Å². The number of nitrogens with zero attached hydrogens (tertiary/aromatic N) is 2. The molecule has 0 bridgehead atoms. The second-order valence-corrected chi connectivity index (χ2v) is 7.02. The van der Waals surface area contributed by atoms with E-state index in [1.54, 1.807) is 18.5 Å². The highest BCUT2D eigenvalue weighted by Crippen LogP contribution is 2.34. The molecule has 1 aliphatic heterocycles. The van der Waals surface area contributed by atoms with E-state index in [4.69, 9.17) is 0 Å². The van der Waals surface area contributed by atoms with Gasteiger partial charge in [0.05, 0.1) is 11.7 Å². The van der Waals surface area contributed by atoms with Crippen molar-refractivity contribution in [1.82, 2.24) is 10.3 Å². The van der Waals surface area contributed by atoms with Crippen LogP contribution in [-0.4, -0.2) is 29.9 Å². The fourth-order valence-corrected chi connectivity index (χ4v) is 3.68. The first kappa shape index (κ1) is 19.6. The van der Waals surface area contributed by atoms with Crippen LogP contribution in [0.5, 0.6) is 0 Å². The monoisotopic (exact) mass is 404 g/mol. The molecule has 2 heterocycles. The number of para-hydroxylation sites is 2. The summed E-state index contributed by atoms with van der Waals surface area (Å²) in [5.74, 6) is -2.33. The summed E-state index contributed by atoms with van der Waals surface area (Å²) in [5, 5.41) is 4.99. The SMILES string of the molecule is O=C(NC[C@@H](c1cccnc1)N1CCc2ccccc21)C(=O)Nc1ccccc1F. The Kier molecular flexibility index (Phi) is 5.70. The Balaban J connectivity index is 1.48. The predicted octanol–water partition coefficient (Wildman–Crippen LogP) is 3.08. The van der Waals surface area contributed by atoms with E-state index in [2.05, 4.69) is 32.7 Å². The summed E-state index contributed by atoms with van der Waals surface area (Å²) >= 11 is 0. The van der Waals surface area contributed by atoms with Gasteiger partial charge in [-0.15, -0.1) is 0 Å². The molecule has 0 saturated heterocycles. The Labute approximate surface area is 173 Å². The van der Waals surface area contributed by atoms with Gasteiger partial charge in [0.15, 0.2) is 0 Å². The molecule has 2 aromatic carbocycles. The van der Waals surface area contributed by atoms with Gasteiger partial charge in [-0.3, -0.25) is 14.6 Å². The van der Waals surface area contributed by atoms with Crippen LogP contribution in [0.2, 0.25) is 0 Å². The van der Waals surface area contributed by atoms with E-state index >= 15 is 0 Å². The molecule has 0 radical (unpaired) electrons. The van der Waals surface area contributed by atoms with Crippen molar-refractivity contribution in [3.05, 3.63) is 90.0 Å². The van der Waals surface area contributed by atoms with Gasteiger partial charge in [0.2, 0.25) is 0 Å². The Bertz CT molecular complexity index is 1060. The number of hydrogen-bond acceptors (Lipinski definition) is 4. The predicted molar refractivity (Wildman–Crippen MR) is 113 cm³/mol. The molecular weight excluding hydrogens is 383 g/mol. The number of fused-ring (bicyclic) bond motifs is 1. The summed E-state index contributed by atoms with van der Waals surface area (Å²) in [7, 11) is 0. The van der Waals surface area contributed by atoms with E-state index in [0.29, 0.717) is 0 Å². The van der Waals surface area contributed by atoms with E-state index in [9.17, 15) is 14.0 Å². The minimum absolute atomic E-state index is 0.0325. The van der Waals surface area contributed by atoms with Crippen LogP contribution in [0.1, 0.15) is 17.2 Å². The highest BCUT2D eigenvalue weighted by Gasteiger charge is 2.28. The summed E-state index contributed by atoms with van der Waals surface area (Å²) in [6.45, 7) is 1.01. The average Bonchev–Trinajstić information content (AvgIpc) is 3.20. The van der Waals surface area contributed by atoms with Crippen LogP contribution in [0.25, 0.3) is 0 Å². The largest absolute Gasteiger partial charge is 0.362 e. The summed E-state index contributed by atoms with van der Waals surface area (Å²) < 4.78 is 13.7. The zero-order valence-corrected chi connectivity index (χ0v) is 16.2. The molecular formula is C23H21FN4O2. The van der Waals surface area contributed by atoms with Gasteiger partial charge in [-0.1, -0.05) is 36.4 Å². The zero-order chi connectivity index (χ0) is 20.9. The van der Waals surface area contributed by atoms with Crippen LogP contribution >= 0.6 is 0 Å². The van der Waals surface area contributed by atoms with Gasteiger partial charge < -0.3 is 15.5 Å². The molecule has 1 aromatic heterocycles. The van der Waals surface area contributed by atoms with E-state index < -0.39 is 17.6 Å². The molecule has 0 aliphatic carbocycles. The van der Waals surface area contributed by atoms with Gasteiger partial charge in [0, 0.05) is 31.2 Å². The van der Waals surface area contributed by atoms with E-state index in [1.807, 2.05) is 24.3 Å². The molecule has 0 saturated carbocycles. The topological polar surface area (TPSA) is 74.3 Å². The highest BCUT2D eigenvalue weighted by molar-refractivity contribution is 6.39. The van der Waals surface area contributed by atoms with Crippen molar-refractivity contribution in [3.63, 3.8) is 0 Å². The number of nitrogens with one attached hydrogen (secondary N) is 2.